The van der Waals surface area contributed by atoms with E-state index < -0.39 is 11.8 Å². The molecule has 1 radical (unpaired) electrons. The van der Waals surface area contributed by atoms with Crippen molar-refractivity contribution < 1.29 is 32.7 Å². The van der Waals surface area contributed by atoms with Gasteiger partial charge in [-0.1, -0.05) is 117 Å². The van der Waals surface area contributed by atoms with E-state index >= 15 is 0 Å². The average Bonchev–Trinajstić information content (AvgIpc) is 3.52. The van der Waals surface area contributed by atoms with E-state index in [4.69, 9.17) is 7.73 Å². The van der Waals surface area contributed by atoms with Crippen LogP contribution in [0.2, 0.25) is 0 Å². The summed E-state index contributed by atoms with van der Waals surface area (Å²) in [5, 5.41) is 13.2. The summed E-state index contributed by atoms with van der Waals surface area (Å²) in [5.74, 6) is 0.547. The number of hydrogen-bond donors (Lipinski definition) is 1. The third kappa shape index (κ3) is 10.7. The van der Waals surface area contributed by atoms with Gasteiger partial charge in [0, 0.05) is 62.2 Å². The zero-order valence-corrected chi connectivity index (χ0v) is 34.7. The van der Waals surface area contributed by atoms with E-state index in [1.165, 1.54) is 17.0 Å². The summed E-state index contributed by atoms with van der Waals surface area (Å²) in [5.41, 5.74) is 4.56. The van der Waals surface area contributed by atoms with E-state index in [0.717, 1.165) is 68.4 Å². The van der Waals surface area contributed by atoms with Crippen molar-refractivity contribution in [2.24, 2.45) is 17.3 Å². The van der Waals surface area contributed by atoms with Crippen LogP contribution in [-0.2, 0) is 36.7 Å². The third-order valence-electron chi connectivity index (χ3n) is 9.02. The predicted octanol–water partition coefficient (Wildman–Crippen LogP) is 13.3. The normalized spacial score (nSPS) is 13.2. The van der Waals surface area contributed by atoms with Crippen LogP contribution in [0.4, 0.5) is 0 Å². The van der Waals surface area contributed by atoms with E-state index in [2.05, 4.69) is 81.4 Å². The molecule has 0 bridgehead atoms. The molecule has 0 amide bonds. The van der Waals surface area contributed by atoms with Gasteiger partial charge in [-0.05, 0) is 77.6 Å². The summed E-state index contributed by atoms with van der Waals surface area (Å²) in [6.07, 6.45) is 5.37. The molecule has 0 aliphatic carbocycles. The number of thiophene rings is 1. The fraction of sp³-hybridized carbons (Fsp3) is 0.422. The summed E-state index contributed by atoms with van der Waals surface area (Å²) in [7, 11) is 0. The molecule has 50 heavy (non-hydrogen) atoms. The Kier molecular flexibility index (Phi) is 13.6. The van der Waals surface area contributed by atoms with Crippen LogP contribution in [0.25, 0.3) is 42.6 Å². The number of rotatable bonds is 10. The van der Waals surface area contributed by atoms with E-state index in [-0.39, 0.29) is 48.9 Å². The maximum absolute atomic E-state index is 11.7. The van der Waals surface area contributed by atoms with Gasteiger partial charge in [0.15, 0.2) is 5.78 Å². The molecule has 5 aromatic rings. The maximum Gasteiger partial charge on any atom is 0.162 e. The van der Waals surface area contributed by atoms with Gasteiger partial charge in [0.25, 0.3) is 0 Å². The van der Waals surface area contributed by atoms with Crippen molar-refractivity contribution in [3.63, 3.8) is 0 Å². The van der Waals surface area contributed by atoms with E-state index in [1.807, 2.05) is 66.8 Å². The van der Waals surface area contributed by atoms with Crippen LogP contribution >= 0.6 is 11.3 Å². The Hall–Kier alpha value is -3.11. The molecule has 0 aliphatic rings. The number of nitrogens with zero attached hydrogens (tertiary/aromatic N) is 1. The quantitative estimate of drug-likeness (QED) is 0.0864. The fourth-order valence-electron chi connectivity index (χ4n) is 6.20. The summed E-state index contributed by atoms with van der Waals surface area (Å²) in [6, 6.07) is 26.6. The molecule has 269 valence electrons. The molecular formula is C45H56IrNO2S-. The molecule has 1 N–H and O–H groups in total. The molecule has 5 heteroatoms. The van der Waals surface area contributed by atoms with Crippen molar-refractivity contribution in [1.82, 2.24) is 4.98 Å². The number of carbonyl (C=O) groups is 1. The van der Waals surface area contributed by atoms with Gasteiger partial charge in [-0.25, -0.2) is 0 Å². The SMILES string of the molecule is CCC(CC)C(=O)/C=C(\O)C(CC)CC.[2H]C([2H])(c1ccc2sc(-c3ccnc(-c4[c-]c5ccccc5c(C(C)(C)C)c4)c3)cc2c1)C(C)(C)C.[Ir]. The summed E-state index contributed by atoms with van der Waals surface area (Å²) in [4.78, 5) is 17.6. The van der Waals surface area contributed by atoms with Crippen LogP contribution < -0.4 is 0 Å². The Bertz CT molecular complexity index is 1990. The van der Waals surface area contributed by atoms with Gasteiger partial charge >= 0.3 is 0 Å². The molecule has 0 saturated carbocycles. The van der Waals surface area contributed by atoms with Crippen molar-refractivity contribution in [2.75, 3.05) is 0 Å². The molecule has 3 nitrogen and oxygen atoms in total. The van der Waals surface area contributed by atoms with Gasteiger partial charge in [0.05, 0.1) is 5.76 Å². The number of pyridine rings is 1. The fourth-order valence-corrected chi connectivity index (χ4v) is 7.24. The maximum atomic E-state index is 11.7. The molecule has 0 saturated heterocycles. The Morgan fingerprint density at radius 3 is 2.18 bits per heavy atom. The molecule has 2 aromatic heterocycles. The van der Waals surface area contributed by atoms with Crippen molar-refractivity contribution >= 4 is 38.0 Å². The summed E-state index contributed by atoms with van der Waals surface area (Å²) >= 11 is 1.73. The van der Waals surface area contributed by atoms with Gasteiger partial charge < -0.3 is 5.11 Å². The first kappa shape index (κ1) is 38.1. The minimum Gasteiger partial charge on any atom is -0.512 e. The van der Waals surface area contributed by atoms with Gasteiger partial charge in [0.2, 0.25) is 0 Å². The van der Waals surface area contributed by atoms with Crippen LogP contribution in [0, 0.1) is 23.3 Å². The molecular weight excluding hydrogens is 811 g/mol. The topological polar surface area (TPSA) is 50.2 Å². The smallest absolute Gasteiger partial charge is 0.162 e. The van der Waals surface area contributed by atoms with Gasteiger partial charge in [0.1, 0.15) is 0 Å². The Balaban J connectivity index is 0.000000389. The number of fused-ring (bicyclic) bond motifs is 2. The van der Waals surface area contributed by atoms with Crippen molar-refractivity contribution in [3.05, 3.63) is 102 Å². The van der Waals surface area contributed by atoms with Gasteiger partial charge in [-0.3, -0.25) is 9.78 Å². The molecule has 0 unspecified atom stereocenters. The second-order valence-corrected chi connectivity index (χ2v) is 16.1. The number of hydrogen-bond acceptors (Lipinski definition) is 4. The minimum atomic E-state index is -1.41. The first-order chi connectivity index (χ1) is 23.9. The number of aromatic nitrogens is 1. The first-order valence-corrected chi connectivity index (χ1v) is 18.7. The molecule has 0 aliphatic heterocycles. The Morgan fingerprint density at radius 1 is 0.900 bits per heavy atom. The largest absolute Gasteiger partial charge is 0.512 e. The predicted molar refractivity (Wildman–Crippen MR) is 213 cm³/mol. The molecule has 5 rings (SSSR count). The molecule has 2 heterocycles. The van der Waals surface area contributed by atoms with E-state index in [9.17, 15) is 9.90 Å². The molecule has 0 atom stereocenters. The number of aliphatic hydroxyl groups is 1. The third-order valence-corrected chi connectivity index (χ3v) is 10.2. The number of carbonyl (C=O) groups excluding carboxylic acids is 1. The molecule has 0 fully saturated rings. The summed E-state index contributed by atoms with van der Waals surface area (Å²) < 4.78 is 18.5. The number of benzene rings is 3. The number of ketones is 1. The average molecular weight is 869 g/mol. The van der Waals surface area contributed by atoms with Crippen LogP contribution in [0.15, 0.2) is 84.8 Å². The van der Waals surface area contributed by atoms with Crippen molar-refractivity contribution in [1.29, 1.82) is 0 Å². The first-order valence-electron chi connectivity index (χ1n) is 18.9. The second-order valence-electron chi connectivity index (χ2n) is 15.1. The van der Waals surface area contributed by atoms with Crippen LogP contribution in [0.3, 0.4) is 0 Å². The van der Waals surface area contributed by atoms with Gasteiger partial charge in [-0.15, -0.1) is 40.5 Å². The van der Waals surface area contributed by atoms with Crippen molar-refractivity contribution in [2.45, 2.75) is 107 Å². The zero-order valence-electron chi connectivity index (χ0n) is 33.5. The van der Waals surface area contributed by atoms with Crippen molar-refractivity contribution in [3.8, 4) is 21.7 Å². The number of aliphatic hydroxyl groups excluding tert-OH is 1. The molecule has 0 spiro atoms. The molecule has 3 aromatic carbocycles. The van der Waals surface area contributed by atoms with Crippen LogP contribution in [0.5, 0.6) is 0 Å². The zero-order chi connectivity index (χ0) is 37.7. The Labute approximate surface area is 321 Å². The minimum absolute atomic E-state index is 0. The standard InChI is InChI=1S/C32H32NS.C13H24O2.Ir/c1-31(2,3)20-21-11-12-29-25(15-21)19-30(34-29)23-13-14-33-28(18-23)24-16-22-9-7-8-10-26(22)27(17-24)32(4,5)6;1-5-10(6-2)12(14)9-13(15)11(7-3)8-4;/h7-15,17-19H,20H2,1-6H3;9-11,14H,5-8H2,1-4H3;/q-1;;/b;12-9-;/i20D2;;. The number of allylic oxidation sites excluding steroid dienone is 2. The van der Waals surface area contributed by atoms with Gasteiger partial charge in [-0.2, -0.15) is 0 Å². The Morgan fingerprint density at radius 2 is 1.56 bits per heavy atom. The van der Waals surface area contributed by atoms with Crippen LogP contribution in [-0.4, -0.2) is 15.9 Å². The second kappa shape index (κ2) is 17.9. The summed E-state index contributed by atoms with van der Waals surface area (Å²) in [6.45, 7) is 20.7. The van der Waals surface area contributed by atoms with Crippen LogP contribution in [0.1, 0.15) is 109 Å². The van der Waals surface area contributed by atoms with E-state index in [0.29, 0.717) is 0 Å². The van der Waals surface area contributed by atoms with E-state index in [1.54, 1.807) is 11.3 Å². The monoisotopic (exact) mass is 869 g/mol.